The summed E-state index contributed by atoms with van der Waals surface area (Å²) in [5, 5.41) is 0. The number of hydrogen-bond acceptors (Lipinski definition) is 0. The van der Waals surface area contributed by atoms with Gasteiger partial charge in [0, 0.05) is 0 Å². The molecule has 4 bridgehead atoms. The largest absolute Gasteiger partial charge is 0.0625 e. The number of rotatable bonds is 1. The fraction of sp³-hybridized carbons (Fsp3) is 1.00. The monoisotopic (exact) mass is 206 g/mol. The van der Waals surface area contributed by atoms with Crippen LogP contribution >= 0.6 is 0 Å². The predicted octanol–water partition coefficient (Wildman–Crippen LogP) is 4.49. The smallest absolute Gasteiger partial charge is 0.0236 e. The molecule has 5 atom stereocenters. The van der Waals surface area contributed by atoms with Crippen molar-refractivity contribution in [3.8, 4) is 0 Å². The molecule has 5 unspecified atom stereocenters. The number of hydrogen-bond donors (Lipinski definition) is 0. The fourth-order valence-electron chi connectivity index (χ4n) is 5.94. The minimum atomic E-state index is 0.688. The van der Waals surface area contributed by atoms with Gasteiger partial charge in [-0.2, -0.15) is 0 Å². The van der Waals surface area contributed by atoms with Gasteiger partial charge in [-0.3, -0.25) is 0 Å². The predicted molar refractivity (Wildman–Crippen MR) is 64.6 cm³/mol. The maximum Gasteiger partial charge on any atom is -0.0236 e. The van der Waals surface area contributed by atoms with Gasteiger partial charge in [0.25, 0.3) is 0 Å². The van der Waals surface area contributed by atoms with E-state index in [-0.39, 0.29) is 0 Å². The maximum absolute atomic E-state index is 2.63. The van der Waals surface area contributed by atoms with E-state index in [1.165, 1.54) is 12.8 Å². The molecule has 3 aliphatic carbocycles. The molecule has 0 aliphatic heterocycles. The van der Waals surface area contributed by atoms with Gasteiger partial charge in [-0.05, 0) is 53.8 Å². The third kappa shape index (κ3) is 0.996. The van der Waals surface area contributed by atoms with Gasteiger partial charge in [0.05, 0.1) is 0 Å². The second-order valence-corrected chi connectivity index (χ2v) is 7.38. The lowest BCUT2D eigenvalue weighted by atomic mass is 9.62. The summed E-state index contributed by atoms with van der Waals surface area (Å²) >= 11 is 0. The van der Waals surface area contributed by atoms with Crippen LogP contribution in [-0.4, -0.2) is 0 Å². The van der Waals surface area contributed by atoms with Crippen LogP contribution < -0.4 is 0 Å². The van der Waals surface area contributed by atoms with E-state index in [4.69, 9.17) is 0 Å². The van der Waals surface area contributed by atoms with Crippen molar-refractivity contribution < 1.29 is 0 Å². The van der Waals surface area contributed by atoms with Gasteiger partial charge in [0.1, 0.15) is 0 Å². The summed E-state index contributed by atoms with van der Waals surface area (Å²) in [7, 11) is 0. The highest BCUT2D eigenvalue weighted by atomic mass is 14.7. The van der Waals surface area contributed by atoms with E-state index < -0.39 is 0 Å². The van der Waals surface area contributed by atoms with Crippen LogP contribution in [0.2, 0.25) is 0 Å². The van der Waals surface area contributed by atoms with Crippen LogP contribution in [0, 0.1) is 34.5 Å². The summed E-state index contributed by atoms with van der Waals surface area (Å²) in [5.41, 5.74) is 1.40. The fourth-order valence-corrected chi connectivity index (χ4v) is 5.94. The molecule has 0 heterocycles. The third-order valence-electron chi connectivity index (χ3n) is 6.78. The van der Waals surface area contributed by atoms with Crippen LogP contribution in [0.3, 0.4) is 0 Å². The molecule has 15 heavy (non-hydrogen) atoms. The molecule has 0 amide bonds. The van der Waals surface area contributed by atoms with Gasteiger partial charge in [0.15, 0.2) is 0 Å². The van der Waals surface area contributed by atoms with E-state index in [9.17, 15) is 0 Å². The Bertz CT molecular complexity index is 280. The Morgan fingerprint density at radius 1 is 1.13 bits per heavy atom. The SMILES string of the molecule is CC(C)C1CC2C3CCCC2(C)C1(C)C3. The Labute approximate surface area is 94.8 Å². The van der Waals surface area contributed by atoms with Crippen molar-refractivity contribution in [1.82, 2.24) is 0 Å². The van der Waals surface area contributed by atoms with Gasteiger partial charge in [-0.15, -0.1) is 0 Å². The van der Waals surface area contributed by atoms with E-state index in [1.54, 1.807) is 19.3 Å². The molecule has 0 radical (unpaired) electrons. The van der Waals surface area contributed by atoms with Crippen LogP contribution in [0.15, 0.2) is 0 Å². The average molecular weight is 206 g/mol. The molecule has 0 spiro atoms. The van der Waals surface area contributed by atoms with Gasteiger partial charge < -0.3 is 0 Å². The molecule has 0 nitrogen and oxygen atoms in total. The Hall–Kier alpha value is 0. The first-order chi connectivity index (χ1) is 6.99. The zero-order valence-electron chi connectivity index (χ0n) is 10.8. The standard InChI is InChI=1S/C15H26/c1-10(2)12-8-13-11-6-5-7-14(13,3)15(12,4)9-11/h10-13H,5-9H2,1-4H3. The molecule has 0 heteroatoms. The minimum Gasteiger partial charge on any atom is -0.0625 e. The van der Waals surface area contributed by atoms with Crippen molar-refractivity contribution in [1.29, 1.82) is 0 Å². The third-order valence-corrected chi connectivity index (χ3v) is 6.78. The van der Waals surface area contributed by atoms with Crippen LogP contribution in [-0.2, 0) is 0 Å². The summed E-state index contributed by atoms with van der Waals surface area (Å²) in [4.78, 5) is 0. The average Bonchev–Trinajstić information content (AvgIpc) is 2.43. The summed E-state index contributed by atoms with van der Waals surface area (Å²) < 4.78 is 0. The van der Waals surface area contributed by atoms with Gasteiger partial charge in [-0.25, -0.2) is 0 Å². The van der Waals surface area contributed by atoms with E-state index >= 15 is 0 Å². The molecule has 0 N–H and O–H groups in total. The maximum atomic E-state index is 2.63. The highest BCUT2D eigenvalue weighted by Crippen LogP contribution is 2.75. The molecule has 3 rings (SSSR count). The van der Waals surface area contributed by atoms with Crippen molar-refractivity contribution in [2.45, 2.75) is 59.8 Å². The van der Waals surface area contributed by atoms with Crippen LogP contribution in [0.25, 0.3) is 0 Å². The molecule has 0 aromatic rings. The molecule has 0 aromatic carbocycles. The Morgan fingerprint density at radius 3 is 2.47 bits per heavy atom. The van der Waals surface area contributed by atoms with Crippen LogP contribution in [0.1, 0.15) is 59.8 Å². The lowest BCUT2D eigenvalue weighted by Gasteiger charge is -2.43. The van der Waals surface area contributed by atoms with Gasteiger partial charge in [-0.1, -0.05) is 40.5 Å². The van der Waals surface area contributed by atoms with Crippen molar-refractivity contribution >= 4 is 0 Å². The molecular weight excluding hydrogens is 180 g/mol. The zero-order valence-corrected chi connectivity index (χ0v) is 10.8. The van der Waals surface area contributed by atoms with Crippen LogP contribution in [0.4, 0.5) is 0 Å². The molecule has 86 valence electrons. The molecule has 0 aromatic heterocycles. The van der Waals surface area contributed by atoms with Gasteiger partial charge in [0.2, 0.25) is 0 Å². The normalized spacial score (nSPS) is 57.8. The highest BCUT2D eigenvalue weighted by Gasteiger charge is 2.67. The van der Waals surface area contributed by atoms with Crippen molar-refractivity contribution in [3.05, 3.63) is 0 Å². The van der Waals surface area contributed by atoms with Crippen molar-refractivity contribution in [2.75, 3.05) is 0 Å². The zero-order chi connectivity index (χ0) is 10.8. The molecular formula is C15H26. The molecule has 3 fully saturated rings. The minimum absolute atomic E-state index is 0.688. The quantitative estimate of drug-likeness (QED) is 0.593. The van der Waals surface area contributed by atoms with Crippen molar-refractivity contribution in [3.63, 3.8) is 0 Å². The van der Waals surface area contributed by atoms with Crippen LogP contribution in [0.5, 0.6) is 0 Å². The Morgan fingerprint density at radius 2 is 1.87 bits per heavy atom. The second-order valence-electron chi connectivity index (χ2n) is 7.38. The topological polar surface area (TPSA) is 0 Å². The first-order valence-corrected chi connectivity index (χ1v) is 6.99. The summed E-state index contributed by atoms with van der Waals surface area (Å²) in [6, 6.07) is 0. The lowest BCUT2D eigenvalue weighted by molar-refractivity contribution is 0.0562. The van der Waals surface area contributed by atoms with Gasteiger partial charge >= 0.3 is 0 Å². The Kier molecular flexibility index (Phi) is 1.91. The summed E-state index contributed by atoms with van der Waals surface area (Å²) in [5.74, 6) is 4.10. The highest BCUT2D eigenvalue weighted by molar-refractivity contribution is 5.16. The first-order valence-electron chi connectivity index (χ1n) is 6.99. The summed E-state index contributed by atoms with van der Waals surface area (Å²) in [6.45, 7) is 10.1. The van der Waals surface area contributed by atoms with E-state index in [2.05, 4.69) is 27.7 Å². The van der Waals surface area contributed by atoms with E-state index in [1.807, 2.05) is 0 Å². The Balaban J connectivity index is 2.02. The lowest BCUT2D eigenvalue weighted by Crippen LogP contribution is -2.36. The summed E-state index contributed by atoms with van der Waals surface area (Å²) in [6.07, 6.45) is 7.68. The second kappa shape index (κ2) is 2.81. The van der Waals surface area contributed by atoms with E-state index in [0.717, 1.165) is 23.7 Å². The van der Waals surface area contributed by atoms with Crippen molar-refractivity contribution in [2.24, 2.45) is 34.5 Å². The first kappa shape index (κ1) is 10.2. The van der Waals surface area contributed by atoms with E-state index in [0.29, 0.717) is 10.8 Å². The molecule has 0 saturated heterocycles. The molecule has 3 aliphatic rings. The molecule has 3 saturated carbocycles.